The normalized spacial score (nSPS) is 14.9. The van der Waals surface area contributed by atoms with Crippen molar-refractivity contribution in [3.8, 4) is 22.8 Å². The number of nitrogens with zero attached hydrogens (tertiary/aromatic N) is 2. The Labute approximate surface area is 247 Å². The molecule has 1 aliphatic heterocycles. The van der Waals surface area contributed by atoms with Crippen LogP contribution in [0.4, 0.5) is 0 Å². The van der Waals surface area contributed by atoms with Crippen LogP contribution < -0.4 is 24.4 Å². The minimum atomic E-state index is -0.890. The quantitative estimate of drug-likeness (QED) is 0.225. The van der Waals surface area contributed by atoms with E-state index in [2.05, 4.69) is 4.99 Å². The van der Waals surface area contributed by atoms with Crippen LogP contribution in [0.5, 0.6) is 11.5 Å². The van der Waals surface area contributed by atoms with Crippen molar-refractivity contribution in [1.29, 1.82) is 0 Å². The van der Waals surface area contributed by atoms with Crippen LogP contribution in [0.2, 0.25) is 10.0 Å². The van der Waals surface area contributed by atoms with Crippen LogP contribution in [0.1, 0.15) is 31.2 Å². The van der Waals surface area contributed by atoms with Crippen molar-refractivity contribution in [1.82, 2.24) is 4.57 Å². The summed E-state index contributed by atoms with van der Waals surface area (Å²) in [5.74, 6) is 0.190. The third-order valence-corrected chi connectivity index (χ3v) is 7.83. The lowest BCUT2D eigenvalue weighted by molar-refractivity contribution is -0.136. The summed E-state index contributed by atoms with van der Waals surface area (Å²) < 4.78 is 23.4. The predicted octanol–water partition coefficient (Wildman–Crippen LogP) is 4.91. The van der Waals surface area contributed by atoms with E-state index in [1.807, 2.05) is 0 Å². The van der Waals surface area contributed by atoms with Crippen LogP contribution in [0, 0.1) is 0 Å². The number of benzene rings is 2. The Balaban J connectivity index is 1.65. The fraction of sp³-hybridized carbons (Fsp3) is 0.172. The second kappa shape index (κ2) is 11.4. The highest BCUT2D eigenvalue weighted by Crippen LogP contribution is 2.36. The summed E-state index contributed by atoms with van der Waals surface area (Å²) in [5.41, 5.74) is 1.33. The topological polar surface area (TPSA) is 109 Å². The molecule has 3 heterocycles. The van der Waals surface area contributed by atoms with E-state index >= 15 is 0 Å². The largest absolute Gasteiger partial charge is 0.493 e. The molecule has 0 N–H and O–H groups in total. The predicted molar refractivity (Wildman–Crippen MR) is 154 cm³/mol. The summed E-state index contributed by atoms with van der Waals surface area (Å²) in [5, 5.41) is 0.973. The van der Waals surface area contributed by atoms with E-state index in [0.29, 0.717) is 47.7 Å². The zero-order chi connectivity index (χ0) is 29.4. The number of allylic oxidation sites excluding steroid dienone is 1. The lowest BCUT2D eigenvalue weighted by atomic mass is 9.95. The highest BCUT2D eigenvalue weighted by atomic mass is 35.5. The van der Waals surface area contributed by atoms with Crippen LogP contribution in [0.25, 0.3) is 17.4 Å². The number of furan rings is 1. The second-order valence-corrected chi connectivity index (χ2v) is 10.8. The molecule has 2 aromatic carbocycles. The van der Waals surface area contributed by atoms with Gasteiger partial charge in [0.15, 0.2) is 16.3 Å². The molecule has 2 aromatic heterocycles. The highest BCUT2D eigenvalue weighted by molar-refractivity contribution is 7.07. The van der Waals surface area contributed by atoms with Crippen molar-refractivity contribution in [3.05, 3.63) is 101 Å². The third-order valence-electron chi connectivity index (χ3n) is 6.28. The molecule has 1 aliphatic rings. The minimum Gasteiger partial charge on any atom is -0.493 e. The molecule has 5 rings (SSSR count). The molecular weight excluding hydrogens is 591 g/mol. The summed E-state index contributed by atoms with van der Waals surface area (Å²) >= 11 is 13.6. The fourth-order valence-electron chi connectivity index (χ4n) is 4.49. The van der Waals surface area contributed by atoms with Gasteiger partial charge in [-0.15, -0.1) is 0 Å². The molecule has 0 bridgehead atoms. The van der Waals surface area contributed by atoms with Crippen LogP contribution in [0.3, 0.4) is 0 Å². The molecule has 4 aromatic rings. The van der Waals surface area contributed by atoms with Gasteiger partial charge in [-0.2, -0.15) is 0 Å². The Morgan fingerprint density at radius 1 is 1.07 bits per heavy atom. The van der Waals surface area contributed by atoms with E-state index in [4.69, 9.17) is 41.8 Å². The van der Waals surface area contributed by atoms with Gasteiger partial charge < -0.3 is 18.6 Å². The van der Waals surface area contributed by atoms with Gasteiger partial charge in [-0.05, 0) is 55.0 Å². The van der Waals surface area contributed by atoms with E-state index < -0.39 is 23.5 Å². The standard InChI is InChI=1S/C29H22Cl2N2O7S/c1-14-25(28(36)38-4)26(16-5-9-22(39-15(2)34)23(11-16)37-3)33-27(35)24(41-29(33)32-14)13-18-7-10-21(40-18)19-12-17(30)6-8-20(19)31/h5-13,26H,1-4H3. The molecule has 1 atom stereocenters. The molecular formula is C29H22Cl2N2O7S. The van der Waals surface area contributed by atoms with Crippen molar-refractivity contribution in [2.24, 2.45) is 4.99 Å². The Morgan fingerprint density at radius 2 is 1.85 bits per heavy atom. The van der Waals surface area contributed by atoms with Crippen molar-refractivity contribution in [3.63, 3.8) is 0 Å². The Kier molecular flexibility index (Phi) is 7.90. The molecule has 12 heteroatoms. The average Bonchev–Trinajstić information content (AvgIpc) is 3.53. The average molecular weight is 613 g/mol. The first-order valence-electron chi connectivity index (χ1n) is 12.1. The molecule has 0 aliphatic carbocycles. The van der Waals surface area contributed by atoms with Gasteiger partial charge in [0, 0.05) is 23.6 Å². The van der Waals surface area contributed by atoms with E-state index in [1.54, 1.807) is 61.5 Å². The van der Waals surface area contributed by atoms with E-state index in [0.717, 1.165) is 11.3 Å². The van der Waals surface area contributed by atoms with E-state index in [9.17, 15) is 14.4 Å². The smallest absolute Gasteiger partial charge is 0.338 e. The number of halogens is 2. The molecule has 9 nitrogen and oxygen atoms in total. The number of fused-ring (bicyclic) bond motifs is 1. The molecule has 0 radical (unpaired) electrons. The number of hydrogen-bond donors (Lipinski definition) is 0. The SMILES string of the molecule is COC(=O)C1=C(C)N=c2sc(=Cc3ccc(-c4cc(Cl)ccc4Cl)o3)c(=O)n2C1c1ccc(OC(C)=O)c(OC)c1. The monoisotopic (exact) mass is 612 g/mol. The fourth-order valence-corrected chi connectivity index (χ4v) is 5.90. The zero-order valence-electron chi connectivity index (χ0n) is 22.2. The molecule has 41 heavy (non-hydrogen) atoms. The third kappa shape index (κ3) is 5.46. The Morgan fingerprint density at radius 3 is 2.56 bits per heavy atom. The number of carbonyl (C=O) groups excluding carboxylic acids is 2. The van der Waals surface area contributed by atoms with Crippen LogP contribution in [-0.2, 0) is 14.3 Å². The lowest BCUT2D eigenvalue weighted by Gasteiger charge is -2.25. The number of esters is 2. The first-order valence-corrected chi connectivity index (χ1v) is 13.7. The minimum absolute atomic E-state index is 0.185. The molecule has 0 fully saturated rings. The maximum Gasteiger partial charge on any atom is 0.338 e. The van der Waals surface area contributed by atoms with Gasteiger partial charge in [0.25, 0.3) is 5.56 Å². The second-order valence-electron chi connectivity index (χ2n) is 8.90. The van der Waals surface area contributed by atoms with Gasteiger partial charge in [-0.3, -0.25) is 14.2 Å². The number of thiazole rings is 1. The molecule has 0 spiro atoms. The summed E-state index contributed by atoms with van der Waals surface area (Å²) in [6.45, 7) is 2.95. The number of aromatic nitrogens is 1. The summed E-state index contributed by atoms with van der Waals surface area (Å²) in [7, 11) is 2.68. The van der Waals surface area contributed by atoms with Crippen molar-refractivity contribution < 1.29 is 28.2 Å². The Hall–Kier alpha value is -4.12. The molecule has 210 valence electrons. The van der Waals surface area contributed by atoms with Gasteiger partial charge in [-0.25, -0.2) is 9.79 Å². The summed E-state index contributed by atoms with van der Waals surface area (Å²) in [6, 6.07) is 12.4. The van der Waals surface area contributed by atoms with E-state index in [-0.39, 0.29) is 17.1 Å². The number of carbonyl (C=O) groups is 2. The first kappa shape index (κ1) is 28.4. The number of hydrogen-bond acceptors (Lipinski definition) is 9. The van der Waals surface area contributed by atoms with Crippen molar-refractivity contribution >= 4 is 52.6 Å². The van der Waals surface area contributed by atoms with Crippen molar-refractivity contribution in [2.45, 2.75) is 19.9 Å². The summed E-state index contributed by atoms with van der Waals surface area (Å²) in [4.78, 5) is 43.2. The van der Waals surface area contributed by atoms with Gasteiger partial charge in [0.2, 0.25) is 0 Å². The summed E-state index contributed by atoms with van der Waals surface area (Å²) in [6.07, 6.45) is 1.60. The Bertz CT molecular complexity index is 1920. The number of rotatable bonds is 6. The van der Waals surface area contributed by atoms with Crippen LogP contribution in [0.15, 0.2) is 74.0 Å². The first-order chi connectivity index (χ1) is 19.6. The zero-order valence-corrected chi connectivity index (χ0v) is 24.5. The van der Waals surface area contributed by atoms with E-state index in [1.165, 1.54) is 25.7 Å². The number of methoxy groups -OCH3 is 2. The maximum absolute atomic E-state index is 13.8. The molecule has 1 unspecified atom stereocenters. The van der Waals surface area contributed by atoms with Gasteiger partial charge in [0.05, 0.1) is 41.1 Å². The number of ether oxygens (including phenoxy) is 3. The van der Waals surface area contributed by atoms with Gasteiger partial charge >= 0.3 is 11.9 Å². The van der Waals surface area contributed by atoms with Gasteiger partial charge in [-0.1, -0.05) is 40.6 Å². The molecule has 0 saturated heterocycles. The van der Waals surface area contributed by atoms with Gasteiger partial charge in [0.1, 0.15) is 11.5 Å². The highest BCUT2D eigenvalue weighted by Gasteiger charge is 2.33. The molecule has 0 saturated carbocycles. The van der Waals surface area contributed by atoms with Crippen LogP contribution in [-0.4, -0.2) is 30.7 Å². The molecule has 0 amide bonds. The maximum atomic E-state index is 13.8. The van der Waals surface area contributed by atoms with Crippen LogP contribution >= 0.6 is 34.5 Å². The lowest BCUT2D eigenvalue weighted by Crippen LogP contribution is -2.39. The van der Waals surface area contributed by atoms with Crippen molar-refractivity contribution in [2.75, 3.05) is 14.2 Å².